The van der Waals surface area contributed by atoms with E-state index in [2.05, 4.69) is 0 Å². The molecule has 1 atom stereocenters. The zero-order chi connectivity index (χ0) is 21.4. The summed E-state index contributed by atoms with van der Waals surface area (Å²) in [6, 6.07) is -2.99. The van der Waals surface area contributed by atoms with Crippen LogP contribution in [0.2, 0.25) is 0 Å². The first-order valence-electron chi connectivity index (χ1n) is 10.2. The SMILES string of the molecule is [2H]C([2H])([2H])C1N([O-])C(C([2H])([2H])[2H])(C([2H])([2H])[2H])NC1(C([2H])([2H])[2H])C([2H])([2H])[2H]. The Hall–Kier alpha value is -0.120. The van der Waals surface area contributed by atoms with Gasteiger partial charge >= 0.3 is 0 Å². The fourth-order valence-corrected chi connectivity index (χ4v) is 0.778. The maximum Gasteiger partial charge on any atom is 0.0547 e. The molecule has 66 valence electrons. The maximum absolute atomic E-state index is 12.8. The summed E-state index contributed by atoms with van der Waals surface area (Å²) in [4.78, 5) is 0. The molecule has 0 bridgehead atoms. The van der Waals surface area contributed by atoms with Gasteiger partial charge in [0.1, 0.15) is 0 Å². The van der Waals surface area contributed by atoms with Crippen molar-refractivity contribution in [1.82, 2.24) is 10.4 Å². The van der Waals surface area contributed by atoms with Crippen molar-refractivity contribution in [3.8, 4) is 0 Å². The van der Waals surface area contributed by atoms with E-state index in [-0.39, 0.29) is 0 Å². The Labute approximate surface area is 89.4 Å². The van der Waals surface area contributed by atoms with Crippen LogP contribution in [0.4, 0.5) is 0 Å². The molecule has 3 heteroatoms. The lowest BCUT2D eigenvalue weighted by Gasteiger charge is -2.39. The number of rotatable bonds is 0. The molecule has 0 aliphatic carbocycles. The van der Waals surface area contributed by atoms with Gasteiger partial charge in [-0.3, -0.25) is 5.32 Å². The summed E-state index contributed by atoms with van der Waals surface area (Å²) in [6.07, 6.45) is 0. The highest BCUT2D eigenvalue weighted by Crippen LogP contribution is 2.30. The molecule has 0 amide bonds. The minimum Gasteiger partial charge on any atom is -0.784 e. The van der Waals surface area contributed by atoms with Gasteiger partial charge in [-0.15, -0.1) is 0 Å². The Kier molecular flexibility index (Phi) is 0.315. The second-order valence-electron chi connectivity index (χ2n) is 2.37. The Morgan fingerprint density at radius 1 is 1.45 bits per heavy atom. The van der Waals surface area contributed by atoms with Crippen LogP contribution in [0.5, 0.6) is 0 Å². The van der Waals surface area contributed by atoms with Crippen LogP contribution in [0.3, 0.4) is 0 Å². The Balaban J connectivity index is 4.06. The Morgan fingerprint density at radius 2 is 2.18 bits per heavy atom. The quantitative estimate of drug-likeness (QED) is 0.598. The molecular weight excluding hydrogens is 140 g/mol. The lowest BCUT2D eigenvalue weighted by Crippen LogP contribution is -2.47. The molecule has 0 saturated carbocycles. The van der Waals surface area contributed by atoms with Gasteiger partial charge in [-0.25, -0.2) is 0 Å². The van der Waals surface area contributed by atoms with Gasteiger partial charge in [0.2, 0.25) is 0 Å². The maximum atomic E-state index is 12.8. The molecule has 1 N–H and O–H groups in total. The fraction of sp³-hybridized carbons (Fsp3) is 1.00. The van der Waals surface area contributed by atoms with E-state index in [0.29, 0.717) is 0 Å². The van der Waals surface area contributed by atoms with E-state index in [9.17, 15) is 5.21 Å². The summed E-state index contributed by atoms with van der Waals surface area (Å²) < 4.78 is 112. The van der Waals surface area contributed by atoms with Gasteiger partial charge in [0.25, 0.3) is 0 Å². The molecule has 1 rings (SSSR count). The molecule has 1 unspecified atom stereocenters. The van der Waals surface area contributed by atoms with Crippen LogP contribution >= 0.6 is 0 Å². The molecule has 1 aliphatic heterocycles. The molecular formula is C8H17N2O-. The van der Waals surface area contributed by atoms with Crippen molar-refractivity contribution in [3.05, 3.63) is 5.21 Å². The number of hydroxylamine groups is 2. The van der Waals surface area contributed by atoms with Crippen LogP contribution in [0, 0.1) is 5.21 Å². The summed E-state index contributed by atoms with van der Waals surface area (Å²) in [6.45, 7) is -18.7. The van der Waals surface area contributed by atoms with Gasteiger partial charge in [-0.2, -0.15) is 0 Å². The molecule has 3 nitrogen and oxygen atoms in total. The zero-order valence-corrected chi connectivity index (χ0v) is 5.43. The van der Waals surface area contributed by atoms with Gasteiger partial charge in [-0.1, -0.05) is 0 Å². The number of nitrogens with zero attached hydrogens (tertiary/aromatic N) is 1. The van der Waals surface area contributed by atoms with Crippen molar-refractivity contribution in [2.45, 2.75) is 51.5 Å². The normalized spacial score (nSPS) is 61.9. The highest BCUT2D eigenvalue weighted by molar-refractivity contribution is 5.05. The first-order valence-corrected chi connectivity index (χ1v) is 2.74. The molecule has 0 aromatic carbocycles. The lowest BCUT2D eigenvalue weighted by molar-refractivity contribution is 0.192. The first-order chi connectivity index (χ1) is 11.0. The fourth-order valence-electron chi connectivity index (χ4n) is 0.778. The molecule has 0 aromatic rings. The van der Waals surface area contributed by atoms with E-state index in [1.54, 1.807) is 0 Å². The number of hydrogen-bond donors (Lipinski definition) is 1. The van der Waals surface area contributed by atoms with E-state index < -0.39 is 56.6 Å². The molecule has 0 spiro atoms. The predicted molar refractivity (Wildman–Crippen MR) is 46.0 cm³/mol. The van der Waals surface area contributed by atoms with E-state index >= 15 is 0 Å². The van der Waals surface area contributed by atoms with Crippen molar-refractivity contribution < 1.29 is 20.6 Å². The standard InChI is InChI=1S/C8H17N2O/c1-6-7(2,3)9-8(4,5)10(6)11/h6,9H,1-5H3/q-1/i1D3,2D3,3D3,4D3,5D3. The summed E-state index contributed by atoms with van der Waals surface area (Å²) >= 11 is 0. The zero-order valence-electron chi connectivity index (χ0n) is 20.4. The van der Waals surface area contributed by atoms with Crippen molar-refractivity contribution >= 4 is 0 Å². The molecule has 1 aliphatic rings. The van der Waals surface area contributed by atoms with Gasteiger partial charge in [0.05, 0.1) is 5.66 Å². The third kappa shape index (κ3) is 1.28. The van der Waals surface area contributed by atoms with Crippen molar-refractivity contribution in [3.63, 3.8) is 0 Å². The van der Waals surface area contributed by atoms with E-state index in [4.69, 9.17) is 20.6 Å². The van der Waals surface area contributed by atoms with Crippen LogP contribution in [0.25, 0.3) is 0 Å². The summed E-state index contributed by atoms with van der Waals surface area (Å²) in [5.74, 6) is 0. The Bertz CT molecular complexity index is 508. The van der Waals surface area contributed by atoms with Crippen LogP contribution in [0.1, 0.15) is 54.8 Å². The number of nitrogens with one attached hydrogen (secondary N) is 1. The summed E-state index contributed by atoms with van der Waals surface area (Å²) in [5.41, 5.74) is -7.38. The molecule has 0 aromatic heterocycles. The second kappa shape index (κ2) is 2.19. The minimum atomic E-state index is -3.79. The summed E-state index contributed by atoms with van der Waals surface area (Å²) in [7, 11) is 0. The highest BCUT2D eigenvalue weighted by Gasteiger charge is 2.42. The first kappa shape index (κ1) is 1.59. The van der Waals surface area contributed by atoms with Gasteiger partial charge in [0.15, 0.2) is 0 Å². The smallest absolute Gasteiger partial charge is 0.0547 e. The molecule has 1 fully saturated rings. The predicted octanol–water partition coefficient (Wildman–Crippen LogP) is 1.29. The van der Waals surface area contributed by atoms with Crippen LogP contribution < -0.4 is 5.32 Å². The van der Waals surface area contributed by atoms with Gasteiger partial charge < -0.3 is 10.3 Å². The highest BCUT2D eigenvalue weighted by atomic mass is 16.5. The van der Waals surface area contributed by atoms with E-state index in [1.165, 1.54) is 5.32 Å². The van der Waals surface area contributed by atoms with Gasteiger partial charge in [0, 0.05) is 32.1 Å². The monoisotopic (exact) mass is 172 g/mol. The molecule has 1 saturated heterocycles. The number of hydrogen-bond acceptors (Lipinski definition) is 3. The molecule has 1 heterocycles. The van der Waals surface area contributed by atoms with Crippen LogP contribution in [-0.4, -0.2) is 22.3 Å². The van der Waals surface area contributed by atoms with Crippen molar-refractivity contribution in [2.24, 2.45) is 0 Å². The van der Waals surface area contributed by atoms with Crippen LogP contribution in [0.15, 0.2) is 0 Å². The minimum absolute atomic E-state index is 0.932. The summed E-state index contributed by atoms with van der Waals surface area (Å²) in [5, 5.41) is 13.3. The van der Waals surface area contributed by atoms with E-state index in [1.807, 2.05) is 0 Å². The van der Waals surface area contributed by atoms with Gasteiger partial charge in [-0.05, 0) is 34.3 Å². The molecule has 11 heavy (non-hydrogen) atoms. The van der Waals surface area contributed by atoms with Crippen molar-refractivity contribution in [2.75, 3.05) is 0 Å². The lowest BCUT2D eigenvalue weighted by atomic mass is 9.99. The average molecular weight is 172 g/mol. The largest absolute Gasteiger partial charge is 0.784 e. The third-order valence-electron chi connectivity index (χ3n) is 1.35. The van der Waals surface area contributed by atoms with Crippen LogP contribution in [-0.2, 0) is 0 Å². The second-order valence-corrected chi connectivity index (χ2v) is 2.37. The molecule has 0 radical (unpaired) electrons. The third-order valence-corrected chi connectivity index (χ3v) is 1.35. The Morgan fingerprint density at radius 3 is 2.55 bits per heavy atom. The average Bonchev–Trinajstić information content (AvgIpc) is 2.57. The topological polar surface area (TPSA) is 38.3 Å². The van der Waals surface area contributed by atoms with E-state index in [0.717, 1.165) is 0 Å². The van der Waals surface area contributed by atoms with Crippen molar-refractivity contribution in [1.29, 1.82) is 0 Å².